The van der Waals surface area contributed by atoms with Crippen molar-refractivity contribution in [3.63, 3.8) is 0 Å². The van der Waals surface area contributed by atoms with E-state index in [0.29, 0.717) is 40.7 Å². The number of nitrogens with zero attached hydrogens (tertiary/aromatic N) is 3. The number of fused-ring (bicyclic) bond motifs is 1. The monoisotopic (exact) mass is 481 g/mol. The lowest BCUT2D eigenvalue weighted by atomic mass is 9.95. The van der Waals surface area contributed by atoms with Crippen LogP contribution in [-0.4, -0.2) is 47.5 Å². The van der Waals surface area contributed by atoms with Crippen LogP contribution in [0, 0.1) is 0 Å². The average Bonchev–Trinajstić information content (AvgIpc) is 3.59. The fraction of sp³-hybridized carbons (Fsp3) is 0.217. The van der Waals surface area contributed by atoms with Crippen molar-refractivity contribution in [1.82, 2.24) is 10.2 Å². The first-order chi connectivity index (χ1) is 16.5. The molecule has 34 heavy (non-hydrogen) atoms. The Kier molecular flexibility index (Phi) is 5.54. The summed E-state index contributed by atoms with van der Waals surface area (Å²) in [7, 11) is 1.47. The second-order valence-corrected chi connectivity index (χ2v) is 8.12. The third-order valence-electron chi connectivity index (χ3n) is 5.43. The Bertz CT molecular complexity index is 1290. The van der Waals surface area contributed by atoms with Crippen LogP contribution in [0.2, 0.25) is 0 Å². The van der Waals surface area contributed by atoms with E-state index in [0.717, 1.165) is 11.3 Å². The van der Waals surface area contributed by atoms with Crippen LogP contribution < -0.4 is 23.8 Å². The largest absolute Gasteiger partial charge is 0.507 e. The van der Waals surface area contributed by atoms with E-state index in [1.165, 1.54) is 17.5 Å². The van der Waals surface area contributed by atoms with Gasteiger partial charge in [-0.15, -0.1) is 10.2 Å². The van der Waals surface area contributed by atoms with Crippen molar-refractivity contribution in [3.8, 4) is 23.0 Å². The molecule has 1 N–H and O–H groups in total. The van der Waals surface area contributed by atoms with Gasteiger partial charge in [0.2, 0.25) is 17.7 Å². The number of anilines is 1. The molecule has 1 aromatic heterocycles. The Hall–Kier alpha value is -4.12. The highest BCUT2D eigenvalue weighted by atomic mass is 32.1. The highest BCUT2D eigenvalue weighted by Gasteiger charge is 2.48. The van der Waals surface area contributed by atoms with Crippen LogP contribution in [0.15, 0.2) is 47.5 Å². The van der Waals surface area contributed by atoms with Crippen molar-refractivity contribution >= 4 is 33.9 Å². The molecule has 1 atom stereocenters. The van der Waals surface area contributed by atoms with Gasteiger partial charge in [-0.25, -0.2) is 0 Å². The maximum absolute atomic E-state index is 13.2. The average molecular weight is 481 g/mol. The number of methoxy groups -OCH3 is 1. The minimum atomic E-state index is -0.997. The van der Waals surface area contributed by atoms with Crippen LogP contribution in [0.5, 0.6) is 23.0 Å². The maximum Gasteiger partial charge on any atom is 0.301 e. The number of ether oxygens (including phenoxy) is 4. The Morgan fingerprint density at radius 3 is 2.71 bits per heavy atom. The van der Waals surface area contributed by atoms with Crippen molar-refractivity contribution in [1.29, 1.82) is 0 Å². The molecule has 0 spiro atoms. The molecule has 2 aliphatic heterocycles. The molecule has 1 amide bonds. The van der Waals surface area contributed by atoms with E-state index in [1.807, 2.05) is 6.92 Å². The molecule has 174 valence electrons. The van der Waals surface area contributed by atoms with Gasteiger partial charge in [0.05, 0.1) is 25.3 Å². The highest BCUT2D eigenvalue weighted by molar-refractivity contribution is 7.13. The summed E-state index contributed by atoms with van der Waals surface area (Å²) >= 11 is 1.10. The zero-order valence-corrected chi connectivity index (χ0v) is 19.0. The molecule has 0 radical (unpaired) electrons. The first-order valence-corrected chi connectivity index (χ1v) is 11.2. The lowest BCUT2D eigenvalue weighted by molar-refractivity contribution is -0.132. The number of hydrogen-bond donors (Lipinski definition) is 1. The molecule has 3 aromatic rings. The summed E-state index contributed by atoms with van der Waals surface area (Å²) < 4.78 is 21.9. The van der Waals surface area contributed by atoms with Crippen LogP contribution in [0.3, 0.4) is 0 Å². The van der Waals surface area contributed by atoms with Crippen molar-refractivity contribution in [3.05, 3.63) is 58.6 Å². The molecular formula is C23H19N3O7S. The second kappa shape index (κ2) is 8.67. The number of aliphatic hydroxyl groups excluding tert-OH is 1. The number of amides is 1. The summed E-state index contributed by atoms with van der Waals surface area (Å²) in [4.78, 5) is 27.5. The minimum absolute atomic E-state index is 0.0118. The minimum Gasteiger partial charge on any atom is -0.507 e. The predicted octanol–water partition coefficient (Wildman–Crippen LogP) is 3.30. The number of hydrogen-bond acceptors (Lipinski definition) is 10. The first-order valence-electron chi connectivity index (χ1n) is 10.3. The normalized spacial score (nSPS) is 18.4. The third-order valence-corrected chi connectivity index (χ3v) is 6.12. The molecule has 2 aliphatic rings. The Morgan fingerprint density at radius 2 is 2.03 bits per heavy atom. The van der Waals surface area contributed by atoms with Crippen molar-refractivity contribution in [2.24, 2.45) is 0 Å². The Balaban J connectivity index is 1.69. The lowest BCUT2D eigenvalue weighted by Crippen LogP contribution is -2.29. The zero-order chi connectivity index (χ0) is 23.8. The van der Waals surface area contributed by atoms with E-state index < -0.39 is 17.7 Å². The van der Waals surface area contributed by atoms with Gasteiger partial charge in [-0.1, -0.05) is 11.3 Å². The van der Waals surface area contributed by atoms with Gasteiger partial charge < -0.3 is 24.1 Å². The molecule has 0 saturated carbocycles. The third kappa shape index (κ3) is 3.50. The van der Waals surface area contributed by atoms with Crippen LogP contribution in [-0.2, 0) is 9.59 Å². The summed E-state index contributed by atoms with van der Waals surface area (Å²) in [5.74, 6) is -0.188. The fourth-order valence-corrected chi connectivity index (χ4v) is 4.54. The van der Waals surface area contributed by atoms with E-state index in [9.17, 15) is 14.7 Å². The number of Topliss-reactive ketones (excluding diaryl/α,β-unsaturated/α-hetero) is 1. The van der Waals surface area contributed by atoms with E-state index >= 15 is 0 Å². The second-order valence-electron chi connectivity index (χ2n) is 7.30. The maximum atomic E-state index is 13.2. The fourth-order valence-electron chi connectivity index (χ4n) is 3.96. The van der Waals surface area contributed by atoms with Gasteiger partial charge in [0, 0.05) is 5.56 Å². The standard InChI is InChI=1S/C23H19N3O7S/c1-3-31-14-6-4-12(5-7-14)19(27)17-18(26(22(29)20(17)28)23-25-24-10-34-23)13-8-15(30-2)21-16(9-13)32-11-33-21/h4-10,18,27H,3,11H2,1-2H3/b19-17+. The number of rotatable bonds is 6. The summed E-state index contributed by atoms with van der Waals surface area (Å²) in [6, 6.07) is 8.90. The first kappa shape index (κ1) is 21.7. The van der Waals surface area contributed by atoms with Gasteiger partial charge in [0.15, 0.2) is 11.5 Å². The molecule has 1 unspecified atom stereocenters. The predicted molar refractivity (Wildman–Crippen MR) is 121 cm³/mol. The smallest absolute Gasteiger partial charge is 0.301 e. The van der Waals surface area contributed by atoms with Crippen molar-refractivity contribution < 1.29 is 33.6 Å². The highest BCUT2D eigenvalue weighted by Crippen LogP contribution is 2.48. The molecule has 1 saturated heterocycles. The number of benzene rings is 2. The zero-order valence-electron chi connectivity index (χ0n) is 18.2. The molecule has 2 aromatic carbocycles. The molecule has 0 aliphatic carbocycles. The summed E-state index contributed by atoms with van der Waals surface area (Å²) in [6.07, 6.45) is 0. The van der Waals surface area contributed by atoms with Gasteiger partial charge in [0.1, 0.15) is 17.0 Å². The number of aliphatic hydroxyl groups is 1. The number of ketones is 1. The van der Waals surface area contributed by atoms with Crippen molar-refractivity contribution in [2.75, 3.05) is 25.4 Å². The van der Waals surface area contributed by atoms with Gasteiger partial charge in [-0.2, -0.15) is 0 Å². The molecule has 3 heterocycles. The lowest BCUT2D eigenvalue weighted by Gasteiger charge is -2.23. The SMILES string of the molecule is CCOc1ccc(/C(O)=C2\C(=O)C(=O)N(c3nncs3)C2c2cc(OC)c3c(c2)OCO3)cc1. The van der Waals surface area contributed by atoms with Gasteiger partial charge >= 0.3 is 5.91 Å². The van der Waals surface area contributed by atoms with E-state index in [2.05, 4.69) is 10.2 Å². The molecule has 0 bridgehead atoms. The molecular weight excluding hydrogens is 462 g/mol. The summed E-state index contributed by atoms with van der Waals surface area (Å²) in [5, 5.41) is 19.2. The summed E-state index contributed by atoms with van der Waals surface area (Å²) in [6.45, 7) is 2.37. The topological polar surface area (TPSA) is 120 Å². The molecule has 1 fully saturated rings. The quantitative estimate of drug-likeness (QED) is 0.321. The van der Waals surface area contributed by atoms with Crippen LogP contribution in [0.1, 0.15) is 24.1 Å². The summed E-state index contributed by atoms with van der Waals surface area (Å²) in [5.41, 5.74) is 2.20. The van der Waals surface area contributed by atoms with Gasteiger partial charge in [0.25, 0.3) is 5.78 Å². The van der Waals surface area contributed by atoms with Gasteiger partial charge in [-0.3, -0.25) is 14.5 Å². The number of carbonyl (C=O) groups is 2. The van der Waals surface area contributed by atoms with Crippen molar-refractivity contribution in [2.45, 2.75) is 13.0 Å². The van der Waals surface area contributed by atoms with Crippen LogP contribution in [0.25, 0.3) is 5.76 Å². The molecule has 10 nitrogen and oxygen atoms in total. The van der Waals surface area contributed by atoms with Crippen LogP contribution >= 0.6 is 11.3 Å². The molecule has 11 heteroatoms. The van der Waals surface area contributed by atoms with Gasteiger partial charge in [-0.05, 0) is 48.9 Å². The number of carbonyl (C=O) groups excluding carboxylic acids is 2. The van der Waals surface area contributed by atoms with E-state index in [-0.39, 0.29) is 23.3 Å². The van der Waals surface area contributed by atoms with E-state index in [1.54, 1.807) is 36.4 Å². The van der Waals surface area contributed by atoms with Crippen LogP contribution in [0.4, 0.5) is 5.13 Å². The Morgan fingerprint density at radius 1 is 1.24 bits per heavy atom. The Labute approximate surface area is 198 Å². The molecule has 5 rings (SSSR count). The van der Waals surface area contributed by atoms with E-state index in [4.69, 9.17) is 18.9 Å². The number of aromatic nitrogens is 2.